The Hall–Kier alpha value is -2.01. The Balaban J connectivity index is 1.47. The Morgan fingerprint density at radius 2 is 1.95 bits per heavy atom. The van der Waals surface area contributed by atoms with Crippen LogP contribution in [0.15, 0.2) is 58.0 Å². The summed E-state index contributed by atoms with van der Waals surface area (Å²) in [6, 6.07) is 16.0. The average Bonchev–Trinajstić information content (AvgIpc) is 2.53. The molecular weight excluding hydrogens is 330 g/mol. The van der Waals surface area contributed by atoms with Crippen LogP contribution in [-0.4, -0.2) is 19.1 Å². The van der Waals surface area contributed by atoms with Crippen molar-refractivity contribution in [3.05, 3.63) is 58.6 Å². The van der Waals surface area contributed by atoms with Crippen LogP contribution in [0.2, 0.25) is 0 Å². The second-order valence-electron chi connectivity index (χ2n) is 4.65. The molecule has 108 valence electrons. The van der Waals surface area contributed by atoms with Crippen LogP contribution in [0.1, 0.15) is 5.56 Å². The largest absolute Gasteiger partial charge is 0.491 e. The lowest BCUT2D eigenvalue weighted by Crippen LogP contribution is -2.35. The molecule has 0 spiro atoms. The van der Waals surface area contributed by atoms with E-state index in [1.165, 1.54) is 5.56 Å². The molecule has 0 unspecified atom stereocenters. The Labute approximate surface area is 132 Å². The molecule has 0 bridgehead atoms. The summed E-state index contributed by atoms with van der Waals surface area (Å²) in [4.78, 5) is 4.46. The summed E-state index contributed by atoms with van der Waals surface area (Å²) >= 11 is 3.46. The summed E-state index contributed by atoms with van der Waals surface area (Å²) in [7, 11) is 0. The summed E-state index contributed by atoms with van der Waals surface area (Å²) in [5, 5.41) is 6.53. The molecule has 0 radical (unpaired) electrons. The van der Waals surface area contributed by atoms with Gasteiger partial charge in [0.05, 0.1) is 17.6 Å². The quantitative estimate of drug-likeness (QED) is 0.834. The number of hydrogen-bond acceptors (Lipinski definition) is 4. The smallest absolute Gasteiger partial charge is 0.196 e. The van der Waals surface area contributed by atoms with Crippen LogP contribution in [0, 0.1) is 0 Å². The number of fused-ring (bicyclic) bond motifs is 1. The van der Waals surface area contributed by atoms with Gasteiger partial charge in [-0.1, -0.05) is 30.3 Å². The SMILES string of the molecule is Brc1ccccc1OCCNC1=NCc2ccccc2N1. The third-order valence-corrected chi connectivity index (χ3v) is 3.82. The monoisotopic (exact) mass is 345 g/mol. The molecule has 4 nitrogen and oxygen atoms in total. The van der Waals surface area contributed by atoms with Crippen LogP contribution >= 0.6 is 15.9 Å². The number of guanidine groups is 1. The summed E-state index contributed by atoms with van der Waals surface area (Å²) in [5.41, 5.74) is 2.33. The third kappa shape index (κ3) is 3.55. The van der Waals surface area contributed by atoms with Crippen molar-refractivity contribution in [2.45, 2.75) is 6.54 Å². The van der Waals surface area contributed by atoms with Gasteiger partial charge in [-0.05, 0) is 39.7 Å². The van der Waals surface area contributed by atoms with Crippen molar-refractivity contribution in [2.24, 2.45) is 4.99 Å². The predicted octanol–water partition coefficient (Wildman–Crippen LogP) is 3.40. The van der Waals surface area contributed by atoms with E-state index in [9.17, 15) is 0 Å². The van der Waals surface area contributed by atoms with E-state index < -0.39 is 0 Å². The third-order valence-electron chi connectivity index (χ3n) is 3.17. The Morgan fingerprint density at radius 3 is 2.86 bits per heavy atom. The fraction of sp³-hybridized carbons (Fsp3) is 0.188. The molecule has 0 amide bonds. The first-order valence-corrected chi connectivity index (χ1v) is 7.63. The summed E-state index contributed by atoms with van der Waals surface area (Å²) in [6.07, 6.45) is 0. The minimum absolute atomic E-state index is 0.574. The minimum atomic E-state index is 0.574. The fourth-order valence-corrected chi connectivity index (χ4v) is 2.50. The van der Waals surface area contributed by atoms with Gasteiger partial charge in [-0.15, -0.1) is 0 Å². The van der Waals surface area contributed by atoms with E-state index in [1.54, 1.807) is 0 Å². The number of rotatable bonds is 4. The van der Waals surface area contributed by atoms with Gasteiger partial charge in [0.25, 0.3) is 0 Å². The van der Waals surface area contributed by atoms with E-state index in [4.69, 9.17) is 4.74 Å². The van der Waals surface area contributed by atoms with Gasteiger partial charge in [-0.2, -0.15) is 0 Å². The molecule has 0 aromatic heterocycles. The molecule has 0 aliphatic carbocycles. The maximum absolute atomic E-state index is 5.71. The van der Waals surface area contributed by atoms with Gasteiger partial charge in [-0.25, -0.2) is 4.99 Å². The van der Waals surface area contributed by atoms with Gasteiger partial charge in [0.1, 0.15) is 12.4 Å². The van der Waals surface area contributed by atoms with E-state index in [2.05, 4.69) is 43.7 Å². The molecule has 2 N–H and O–H groups in total. The topological polar surface area (TPSA) is 45.6 Å². The highest BCUT2D eigenvalue weighted by Crippen LogP contribution is 2.23. The van der Waals surface area contributed by atoms with Gasteiger partial charge in [0.2, 0.25) is 0 Å². The summed E-state index contributed by atoms with van der Waals surface area (Å²) in [6.45, 7) is 1.97. The molecule has 1 aliphatic rings. The molecule has 0 saturated carbocycles. The van der Waals surface area contributed by atoms with Crippen LogP contribution in [-0.2, 0) is 6.54 Å². The molecule has 5 heteroatoms. The average molecular weight is 346 g/mol. The van der Waals surface area contributed by atoms with Gasteiger partial charge in [0, 0.05) is 5.69 Å². The zero-order valence-electron chi connectivity index (χ0n) is 11.5. The molecule has 2 aromatic rings. The summed E-state index contributed by atoms with van der Waals surface area (Å²) < 4.78 is 6.67. The molecule has 1 aliphatic heterocycles. The lowest BCUT2D eigenvalue weighted by molar-refractivity contribution is 0.320. The van der Waals surface area contributed by atoms with E-state index in [0.717, 1.165) is 21.9 Å². The van der Waals surface area contributed by atoms with Crippen LogP contribution in [0.4, 0.5) is 5.69 Å². The van der Waals surface area contributed by atoms with E-state index in [-0.39, 0.29) is 0 Å². The number of aliphatic imine (C=N–C) groups is 1. The van der Waals surface area contributed by atoms with Crippen molar-refractivity contribution >= 4 is 27.6 Å². The molecule has 1 heterocycles. The van der Waals surface area contributed by atoms with Crippen LogP contribution in [0.5, 0.6) is 5.75 Å². The highest BCUT2D eigenvalue weighted by molar-refractivity contribution is 9.10. The van der Waals surface area contributed by atoms with Crippen molar-refractivity contribution < 1.29 is 4.74 Å². The number of anilines is 1. The van der Waals surface area contributed by atoms with Crippen molar-refractivity contribution in [3.63, 3.8) is 0 Å². The molecule has 0 fully saturated rings. The van der Waals surface area contributed by atoms with Gasteiger partial charge in [-0.3, -0.25) is 0 Å². The Bertz CT molecular complexity index is 657. The Morgan fingerprint density at radius 1 is 1.14 bits per heavy atom. The standard InChI is InChI=1S/C16H16BrN3O/c17-13-6-2-4-8-15(13)21-10-9-18-16-19-11-12-5-1-3-7-14(12)20-16/h1-8H,9-11H2,(H2,18,19,20). The molecule has 3 rings (SSSR count). The zero-order valence-corrected chi connectivity index (χ0v) is 13.1. The maximum atomic E-state index is 5.71. The number of para-hydroxylation sites is 2. The normalized spacial score (nSPS) is 12.9. The number of nitrogens with one attached hydrogen (secondary N) is 2. The molecule has 2 aromatic carbocycles. The lowest BCUT2D eigenvalue weighted by atomic mass is 10.1. The Kier molecular flexibility index (Phi) is 4.40. The molecular formula is C16H16BrN3O. The van der Waals surface area contributed by atoms with Crippen molar-refractivity contribution in [1.82, 2.24) is 5.32 Å². The van der Waals surface area contributed by atoms with E-state index in [1.807, 2.05) is 36.4 Å². The van der Waals surface area contributed by atoms with Gasteiger partial charge in [0.15, 0.2) is 5.96 Å². The molecule has 0 saturated heterocycles. The molecule has 21 heavy (non-hydrogen) atoms. The molecule has 0 atom stereocenters. The first-order valence-electron chi connectivity index (χ1n) is 6.83. The number of ether oxygens (including phenoxy) is 1. The van der Waals surface area contributed by atoms with Crippen molar-refractivity contribution in [3.8, 4) is 5.75 Å². The maximum Gasteiger partial charge on any atom is 0.196 e. The van der Waals surface area contributed by atoms with Crippen LogP contribution in [0.25, 0.3) is 0 Å². The number of benzene rings is 2. The number of halogens is 1. The van der Waals surface area contributed by atoms with Gasteiger partial charge >= 0.3 is 0 Å². The highest BCUT2D eigenvalue weighted by atomic mass is 79.9. The zero-order chi connectivity index (χ0) is 14.5. The first-order chi connectivity index (χ1) is 10.3. The number of nitrogens with zero attached hydrogens (tertiary/aromatic N) is 1. The second kappa shape index (κ2) is 6.63. The summed E-state index contributed by atoms with van der Waals surface area (Å²) in [5.74, 6) is 1.65. The van der Waals surface area contributed by atoms with E-state index >= 15 is 0 Å². The van der Waals surface area contributed by atoms with Crippen LogP contribution in [0.3, 0.4) is 0 Å². The highest BCUT2D eigenvalue weighted by Gasteiger charge is 2.09. The number of hydrogen-bond donors (Lipinski definition) is 2. The van der Waals surface area contributed by atoms with Crippen molar-refractivity contribution in [1.29, 1.82) is 0 Å². The predicted molar refractivity (Wildman–Crippen MR) is 88.8 cm³/mol. The van der Waals surface area contributed by atoms with Crippen molar-refractivity contribution in [2.75, 3.05) is 18.5 Å². The fourth-order valence-electron chi connectivity index (χ4n) is 2.10. The minimum Gasteiger partial charge on any atom is -0.491 e. The second-order valence-corrected chi connectivity index (χ2v) is 5.51. The van der Waals surface area contributed by atoms with E-state index in [0.29, 0.717) is 19.7 Å². The first kappa shape index (κ1) is 13.9. The van der Waals surface area contributed by atoms with Crippen LogP contribution < -0.4 is 15.4 Å². The lowest BCUT2D eigenvalue weighted by Gasteiger charge is -2.19. The van der Waals surface area contributed by atoms with Gasteiger partial charge < -0.3 is 15.4 Å².